The second kappa shape index (κ2) is 6.14. The Bertz CT molecular complexity index is 333. The van der Waals surface area contributed by atoms with Gasteiger partial charge in [-0.3, -0.25) is 0 Å². The number of aliphatic imine (C=N–C) groups is 1. The molecular formula is C11H15N3S. The van der Waals surface area contributed by atoms with E-state index in [1.165, 1.54) is 5.56 Å². The molecular weight excluding hydrogens is 206 g/mol. The van der Waals surface area contributed by atoms with Crippen molar-refractivity contribution < 1.29 is 0 Å². The molecule has 0 spiro atoms. The van der Waals surface area contributed by atoms with Crippen LogP contribution in [0.5, 0.6) is 0 Å². The fourth-order valence-electron chi connectivity index (χ4n) is 0.987. The van der Waals surface area contributed by atoms with Crippen LogP contribution in [-0.4, -0.2) is 30.4 Å². The monoisotopic (exact) mass is 221 g/mol. The lowest BCUT2D eigenvalue weighted by atomic mass is 10.2. The van der Waals surface area contributed by atoms with Gasteiger partial charge in [-0.2, -0.15) is 0 Å². The van der Waals surface area contributed by atoms with Crippen LogP contribution in [0.3, 0.4) is 0 Å². The van der Waals surface area contributed by atoms with Crippen LogP contribution < -0.4 is 5.32 Å². The third-order valence-corrected chi connectivity index (χ3v) is 1.94. The summed E-state index contributed by atoms with van der Waals surface area (Å²) >= 11 is 5.04. The predicted octanol–water partition coefficient (Wildman–Crippen LogP) is 1.65. The first-order valence-corrected chi connectivity index (χ1v) is 5.11. The summed E-state index contributed by atoms with van der Waals surface area (Å²) in [6.07, 6.45) is 1.68. The van der Waals surface area contributed by atoms with Gasteiger partial charge in [0.25, 0.3) is 0 Å². The smallest absolute Gasteiger partial charge is 0.194 e. The van der Waals surface area contributed by atoms with Gasteiger partial charge in [0.2, 0.25) is 0 Å². The molecule has 0 unspecified atom stereocenters. The summed E-state index contributed by atoms with van der Waals surface area (Å²) in [7, 11) is 3.81. The molecule has 0 aliphatic rings. The molecule has 0 atom stereocenters. The van der Waals surface area contributed by atoms with Crippen molar-refractivity contribution in [2.45, 2.75) is 6.54 Å². The SMILES string of the molecule is CN(C)/C=N/C(=S)NCc1ccccc1. The first-order chi connectivity index (χ1) is 7.18. The van der Waals surface area contributed by atoms with Gasteiger partial charge in [0.15, 0.2) is 5.11 Å². The molecule has 1 rings (SSSR count). The average molecular weight is 221 g/mol. The number of hydrogen-bond acceptors (Lipinski definition) is 1. The minimum Gasteiger partial charge on any atom is -0.369 e. The highest BCUT2D eigenvalue weighted by atomic mass is 32.1. The molecule has 4 heteroatoms. The molecule has 0 saturated heterocycles. The number of rotatable bonds is 3. The van der Waals surface area contributed by atoms with E-state index < -0.39 is 0 Å². The highest BCUT2D eigenvalue weighted by Gasteiger charge is 1.92. The molecule has 0 bridgehead atoms. The van der Waals surface area contributed by atoms with Gasteiger partial charge in [0, 0.05) is 20.6 Å². The topological polar surface area (TPSA) is 27.6 Å². The Morgan fingerprint density at radius 2 is 2.07 bits per heavy atom. The van der Waals surface area contributed by atoms with Crippen LogP contribution >= 0.6 is 12.2 Å². The highest BCUT2D eigenvalue weighted by Crippen LogP contribution is 1.97. The summed E-state index contributed by atoms with van der Waals surface area (Å²) in [6.45, 7) is 0.713. The molecule has 1 N–H and O–H groups in total. The van der Waals surface area contributed by atoms with Crippen molar-refractivity contribution in [3.05, 3.63) is 35.9 Å². The van der Waals surface area contributed by atoms with Gasteiger partial charge >= 0.3 is 0 Å². The van der Waals surface area contributed by atoms with Gasteiger partial charge in [-0.15, -0.1) is 0 Å². The fourth-order valence-corrected chi connectivity index (χ4v) is 1.11. The molecule has 0 aliphatic heterocycles. The first-order valence-electron chi connectivity index (χ1n) is 4.71. The summed E-state index contributed by atoms with van der Waals surface area (Å²) in [5.41, 5.74) is 1.19. The van der Waals surface area contributed by atoms with E-state index >= 15 is 0 Å². The zero-order valence-corrected chi connectivity index (χ0v) is 9.79. The van der Waals surface area contributed by atoms with E-state index in [4.69, 9.17) is 12.2 Å². The van der Waals surface area contributed by atoms with Crippen molar-refractivity contribution in [3.63, 3.8) is 0 Å². The maximum Gasteiger partial charge on any atom is 0.194 e. The van der Waals surface area contributed by atoms with Crippen molar-refractivity contribution in [2.24, 2.45) is 4.99 Å². The Labute approximate surface area is 95.8 Å². The Hall–Kier alpha value is -1.42. The predicted molar refractivity (Wildman–Crippen MR) is 68.1 cm³/mol. The minimum atomic E-state index is 0.507. The van der Waals surface area contributed by atoms with Gasteiger partial charge in [-0.25, -0.2) is 4.99 Å². The van der Waals surface area contributed by atoms with E-state index in [-0.39, 0.29) is 0 Å². The van der Waals surface area contributed by atoms with E-state index in [1.54, 1.807) is 6.34 Å². The molecule has 0 aliphatic carbocycles. The van der Waals surface area contributed by atoms with Crippen LogP contribution in [0.2, 0.25) is 0 Å². The van der Waals surface area contributed by atoms with Crippen LogP contribution in [0.25, 0.3) is 0 Å². The zero-order valence-electron chi connectivity index (χ0n) is 8.97. The molecule has 0 saturated carbocycles. The molecule has 0 radical (unpaired) electrons. The number of benzene rings is 1. The van der Waals surface area contributed by atoms with Crippen molar-refractivity contribution >= 4 is 23.7 Å². The van der Waals surface area contributed by atoms with Gasteiger partial charge in [0.1, 0.15) is 0 Å². The Balaban J connectivity index is 2.35. The highest BCUT2D eigenvalue weighted by molar-refractivity contribution is 7.80. The van der Waals surface area contributed by atoms with Gasteiger partial charge in [-0.1, -0.05) is 30.3 Å². The molecule has 0 amide bonds. The normalized spacial score (nSPS) is 10.3. The Morgan fingerprint density at radius 3 is 2.67 bits per heavy atom. The van der Waals surface area contributed by atoms with Crippen molar-refractivity contribution in [2.75, 3.05) is 14.1 Å². The quantitative estimate of drug-likeness (QED) is 0.478. The molecule has 0 aromatic heterocycles. The largest absolute Gasteiger partial charge is 0.369 e. The number of thiocarbonyl (C=S) groups is 1. The molecule has 1 aromatic carbocycles. The lowest BCUT2D eigenvalue weighted by molar-refractivity contribution is 0.643. The van der Waals surface area contributed by atoms with Crippen LogP contribution in [0.4, 0.5) is 0 Å². The standard InChI is InChI=1S/C11H15N3S/c1-14(2)9-13-11(15)12-8-10-6-4-3-5-7-10/h3-7,9H,8H2,1-2H3,(H,12,15)/b13-9+. The molecule has 0 heterocycles. The van der Waals surface area contributed by atoms with Gasteiger partial charge in [0.05, 0.1) is 6.34 Å². The summed E-state index contributed by atoms with van der Waals surface area (Å²) in [6, 6.07) is 10.1. The molecule has 15 heavy (non-hydrogen) atoms. The Morgan fingerprint density at radius 1 is 1.40 bits per heavy atom. The maximum absolute atomic E-state index is 5.04. The molecule has 3 nitrogen and oxygen atoms in total. The second-order valence-electron chi connectivity index (χ2n) is 3.35. The van der Waals surface area contributed by atoms with Crippen LogP contribution in [0.1, 0.15) is 5.56 Å². The summed E-state index contributed by atoms with van der Waals surface area (Å²) < 4.78 is 0. The van der Waals surface area contributed by atoms with Crippen LogP contribution in [0.15, 0.2) is 35.3 Å². The average Bonchev–Trinajstić information content (AvgIpc) is 2.25. The summed E-state index contributed by atoms with van der Waals surface area (Å²) in [5, 5.41) is 3.57. The van der Waals surface area contributed by atoms with Crippen molar-refractivity contribution in [1.29, 1.82) is 0 Å². The number of hydrogen-bond donors (Lipinski definition) is 1. The van der Waals surface area contributed by atoms with E-state index in [1.807, 2.05) is 49.3 Å². The maximum atomic E-state index is 5.04. The fraction of sp³-hybridized carbons (Fsp3) is 0.273. The van der Waals surface area contributed by atoms with E-state index in [0.29, 0.717) is 11.7 Å². The van der Waals surface area contributed by atoms with Crippen LogP contribution in [0, 0.1) is 0 Å². The van der Waals surface area contributed by atoms with E-state index in [2.05, 4.69) is 10.3 Å². The molecule has 0 fully saturated rings. The summed E-state index contributed by atoms with van der Waals surface area (Å²) in [5.74, 6) is 0. The van der Waals surface area contributed by atoms with Gasteiger partial charge in [-0.05, 0) is 17.8 Å². The van der Waals surface area contributed by atoms with Crippen molar-refractivity contribution in [3.8, 4) is 0 Å². The van der Waals surface area contributed by atoms with Crippen LogP contribution in [-0.2, 0) is 6.54 Å². The summed E-state index contributed by atoms with van der Waals surface area (Å²) in [4.78, 5) is 5.90. The lowest BCUT2D eigenvalue weighted by Crippen LogP contribution is -2.20. The lowest BCUT2D eigenvalue weighted by Gasteiger charge is -2.05. The zero-order chi connectivity index (χ0) is 11.1. The molecule has 80 valence electrons. The van der Waals surface area contributed by atoms with E-state index in [9.17, 15) is 0 Å². The Kier molecular flexibility index (Phi) is 4.77. The van der Waals surface area contributed by atoms with E-state index in [0.717, 1.165) is 0 Å². The minimum absolute atomic E-state index is 0.507. The second-order valence-corrected chi connectivity index (χ2v) is 3.74. The third-order valence-electron chi connectivity index (χ3n) is 1.69. The number of nitrogens with one attached hydrogen (secondary N) is 1. The number of nitrogens with zero attached hydrogens (tertiary/aromatic N) is 2. The van der Waals surface area contributed by atoms with Gasteiger partial charge < -0.3 is 10.2 Å². The van der Waals surface area contributed by atoms with Crippen molar-refractivity contribution in [1.82, 2.24) is 10.2 Å². The third kappa shape index (κ3) is 5.12. The first kappa shape index (κ1) is 11.7. The molecule has 1 aromatic rings.